The fourth-order valence-electron chi connectivity index (χ4n) is 2.57. The third-order valence-electron chi connectivity index (χ3n) is 3.82. The topological polar surface area (TPSA) is 82.6 Å². The summed E-state index contributed by atoms with van der Waals surface area (Å²) in [4.78, 5) is 27.8. The Hall–Kier alpha value is -2.34. The summed E-state index contributed by atoms with van der Waals surface area (Å²) < 4.78 is 5.52. The summed E-state index contributed by atoms with van der Waals surface area (Å²) in [7, 11) is 4.04. The molecule has 0 bridgehead atoms. The van der Waals surface area contributed by atoms with Crippen molar-refractivity contribution in [1.82, 2.24) is 9.88 Å². The van der Waals surface area contributed by atoms with Gasteiger partial charge in [0.1, 0.15) is 5.75 Å². The first-order chi connectivity index (χ1) is 11.5. The minimum Gasteiger partial charge on any atom is -0.481 e. The lowest BCUT2D eigenvalue weighted by Crippen LogP contribution is -2.15. The van der Waals surface area contributed by atoms with Gasteiger partial charge in [-0.2, -0.15) is 0 Å². The summed E-state index contributed by atoms with van der Waals surface area (Å²) in [5, 5.41) is 9.55. The summed E-state index contributed by atoms with van der Waals surface area (Å²) >= 11 is 0. The van der Waals surface area contributed by atoms with Crippen molar-refractivity contribution in [2.45, 2.75) is 32.1 Å². The van der Waals surface area contributed by atoms with E-state index in [4.69, 9.17) is 9.84 Å². The van der Waals surface area contributed by atoms with E-state index in [9.17, 15) is 9.59 Å². The maximum absolute atomic E-state index is 12.0. The lowest BCUT2D eigenvalue weighted by Gasteiger charge is -2.10. The molecule has 0 aliphatic heterocycles. The van der Waals surface area contributed by atoms with Crippen molar-refractivity contribution in [3.8, 4) is 5.75 Å². The van der Waals surface area contributed by atoms with Crippen LogP contribution >= 0.6 is 0 Å². The number of carbonyl (C=O) groups is 2. The van der Waals surface area contributed by atoms with Gasteiger partial charge in [-0.15, -0.1) is 0 Å². The second-order valence-corrected chi connectivity index (χ2v) is 6.12. The van der Waals surface area contributed by atoms with Gasteiger partial charge >= 0.3 is 11.9 Å². The highest BCUT2D eigenvalue weighted by molar-refractivity contribution is 5.91. The molecule has 0 radical (unpaired) electrons. The maximum atomic E-state index is 12.0. The average Bonchev–Trinajstić information content (AvgIpc) is 2.93. The molecule has 0 saturated heterocycles. The predicted octanol–water partition coefficient (Wildman–Crippen LogP) is 2.82. The Kier molecular flexibility index (Phi) is 6.37. The summed E-state index contributed by atoms with van der Waals surface area (Å²) in [6.07, 6.45) is 4.11. The van der Waals surface area contributed by atoms with Crippen molar-refractivity contribution < 1.29 is 19.4 Å². The largest absolute Gasteiger partial charge is 0.481 e. The molecule has 24 heavy (non-hydrogen) atoms. The number of nitrogens with one attached hydrogen (secondary N) is 1. The summed E-state index contributed by atoms with van der Waals surface area (Å²) in [6.45, 7) is 0.907. The van der Waals surface area contributed by atoms with Crippen LogP contribution in [0.15, 0.2) is 24.4 Å². The first-order valence-corrected chi connectivity index (χ1v) is 8.13. The van der Waals surface area contributed by atoms with E-state index in [0.717, 1.165) is 29.4 Å². The predicted molar refractivity (Wildman–Crippen MR) is 92.3 cm³/mol. The van der Waals surface area contributed by atoms with Gasteiger partial charge in [-0.25, -0.2) is 0 Å². The minimum atomic E-state index is -0.842. The van der Waals surface area contributed by atoms with Gasteiger partial charge in [0, 0.05) is 36.5 Å². The molecule has 0 saturated carbocycles. The van der Waals surface area contributed by atoms with Crippen LogP contribution in [0.2, 0.25) is 0 Å². The summed E-state index contributed by atoms with van der Waals surface area (Å²) in [5.74, 6) is -0.607. The molecule has 130 valence electrons. The fraction of sp³-hybridized carbons (Fsp3) is 0.444. The van der Waals surface area contributed by atoms with Gasteiger partial charge in [-0.05, 0) is 51.1 Å². The Labute approximate surface area is 141 Å². The van der Waals surface area contributed by atoms with Crippen molar-refractivity contribution in [2.75, 3.05) is 20.6 Å². The number of hydrogen-bond acceptors (Lipinski definition) is 4. The number of aromatic nitrogens is 1. The molecular formula is C18H24N2O4. The van der Waals surface area contributed by atoms with E-state index in [0.29, 0.717) is 18.6 Å². The van der Waals surface area contributed by atoms with Gasteiger partial charge in [0.05, 0.1) is 0 Å². The number of esters is 1. The van der Waals surface area contributed by atoms with Crippen molar-refractivity contribution in [3.05, 3.63) is 30.0 Å². The lowest BCUT2D eigenvalue weighted by atomic mass is 10.1. The number of hydrogen-bond donors (Lipinski definition) is 2. The van der Waals surface area contributed by atoms with Crippen LogP contribution in [0.4, 0.5) is 0 Å². The Morgan fingerprint density at radius 3 is 2.67 bits per heavy atom. The zero-order valence-corrected chi connectivity index (χ0v) is 14.2. The van der Waals surface area contributed by atoms with Crippen molar-refractivity contribution in [3.63, 3.8) is 0 Å². The van der Waals surface area contributed by atoms with Crippen molar-refractivity contribution in [2.24, 2.45) is 0 Å². The smallest absolute Gasteiger partial charge is 0.311 e. The Bertz CT molecular complexity index is 706. The Balaban J connectivity index is 2.03. The van der Waals surface area contributed by atoms with Crippen LogP contribution in [0.1, 0.15) is 31.2 Å². The molecule has 6 nitrogen and oxygen atoms in total. The molecule has 0 unspecified atom stereocenters. The van der Waals surface area contributed by atoms with Gasteiger partial charge in [0.15, 0.2) is 0 Å². The highest BCUT2D eigenvalue weighted by Gasteiger charge is 2.13. The molecule has 6 heteroatoms. The number of unbranched alkanes of at least 4 members (excludes halogenated alkanes) is 1. The number of aliphatic carboxylic acids is 1. The molecule has 2 rings (SSSR count). The number of carboxylic acids is 1. The van der Waals surface area contributed by atoms with Crippen LogP contribution in [-0.2, 0) is 16.0 Å². The van der Waals surface area contributed by atoms with Gasteiger partial charge in [0.2, 0.25) is 0 Å². The van der Waals surface area contributed by atoms with Gasteiger partial charge < -0.3 is 19.7 Å². The number of likely N-dealkylation sites (N-methyl/N-ethyl adjacent to an activating group) is 1. The van der Waals surface area contributed by atoms with Crippen LogP contribution in [0.3, 0.4) is 0 Å². The molecule has 1 aromatic carbocycles. The number of nitrogens with zero attached hydrogens (tertiary/aromatic N) is 1. The minimum absolute atomic E-state index is 0.0787. The molecule has 0 aliphatic carbocycles. The molecule has 0 fully saturated rings. The van der Waals surface area contributed by atoms with Crippen LogP contribution in [0.25, 0.3) is 10.9 Å². The van der Waals surface area contributed by atoms with E-state index in [1.807, 2.05) is 32.4 Å². The molecule has 1 aromatic heterocycles. The van der Waals surface area contributed by atoms with Crippen LogP contribution in [0, 0.1) is 0 Å². The van der Waals surface area contributed by atoms with Crippen molar-refractivity contribution in [1.29, 1.82) is 0 Å². The van der Waals surface area contributed by atoms with Crippen LogP contribution < -0.4 is 4.74 Å². The SMILES string of the molecule is CN(C)CCc1c[nH]c2cccc(OC(=O)CCCCC(=O)O)c12. The zero-order valence-electron chi connectivity index (χ0n) is 14.2. The molecule has 0 aliphatic rings. The first kappa shape index (κ1) is 18.0. The highest BCUT2D eigenvalue weighted by atomic mass is 16.5. The van der Waals surface area contributed by atoms with Gasteiger partial charge in [-0.1, -0.05) is 6.07 Å². The molecular weight excluding hydrogens is 308 g/mol. The Morgan fingerprint density at radius 1 is 1.21 bits per heavy atom. The van der Waals surface area contributed by atoms with Crippen LogP contribution in [0.5, 0.6) is 5.75 Å². The quantitative estimate of drug-likeness (QED) is 0.419. The van der Waals surface area contributed by atoms with E-state index < -0.39 is 5.97 Å². The second-order valence-electron chi connectivity index (χ2n) is 6.12. The first-order valence-electron chi connectivity index (χ1n) is 8.13. The highest BCUT2D eigenvalue weighted by Crippen LogP contribution is 2.29. The zero-order chi connectivity index (χ0) is 17.5. The number of aromatic amines is 1. The number of carboxylic acid groups (broad SMARTS) is 1. The van der Waals surface area contributed by atoms with E-state index in [1.54, 1.807) is 6.07 Å². The number of H-pyrrole nitrogens is 1. The van der Waals surface area contributed by atoms with E-state index >= 15 is 0 Å². The third kappa shape index (κ3) is 5.09. The molecule has 0 spiro atoms. The van der Waals surface area contributed by atoms with Crippen LogP contribution in [-0.4, -0.2) is 47.6 Å². The van der Waals surface area contributed by atoms with Gasteiger partial charge in [0.25, 0.3) is 0 Å². The van der Waals surface area contributed by atoms with Crippen molar-refractivity contribution >= 4 is 22.8 Å². The molecule has 2 aromatic rings. The summed E-state index contributed by atoms with van der Waals surface area (Å²) in [5.41, 5.74) is 2.06. The monoisotopic (exact) mass is 332 g/mol. The number of carbonyl (C=O) groups excluding carboxylic acids is 1. The number of rotatable bonds is 9. The normalized spacial score (nSPS) is 11.1. The number of fused-ring (bicyclic) bond motifs is 1. The number of ether oxygens (including phenoxy) is 1. The fourth-order valence-corrected chi connectivity index (χ4v) is 2.57. The maximum Gasteiger partial charge on any atom is 0.311 e. The molecule has 0 amide bonds. The Morgan fingerprint density at radius 2 is 1.96 bits per heavy atom. The lowest BCUT2D eigenvalue weighted by molar-refractivity contribution is -0.138. The third-order valence-corrected chi connectivity index (χ3v) is 3.82. The van der Waals surface area contributed by atoms with E-state index in [1.165, 1.54) is 0 Å². The summed E-state index contributed by atoms with van der Waals surface area (Å²) in [6, 6.07) is 5.60. The standard InChI is InChI=1S/C18H24N2O4/c1-20(2)11-10-13-12-19-14-6-5-7-15(18(13)14)24-17(23)9-4-3-8-16(21)22/h5-7,12,19H,3-4,8-11H2,1-2H3,(H,21,22). The van der Waals surface area contributed by atoms with Gasteiger partial charge in [-0.3, -0.25) is 9.59 Å². The molecule has 1 heterocycles. The van der Waals surface area contributed by atoms with E-state index in [-0.39, 0.29) is 18.8 Å². The van der Waals surface area contributed by atoms with E-state index in [2.05, 4.69) is 9.88 Å². The average molecular weight is 332 g/mol. The molecule has 2 N–H and O–H groups in total. The molecule has 0 atom stereocenters. The number of benzene rings is 1. The second kappa shape index (κ2) is 8.49.